The Labute approximate surface area is 201 Å². The third-order valence-corrected chi connectivity index (χ3v) is 7.96. The van der Waals surface area contributed by atoms with Crippen LogP contribution in [-0.4, -0.2) is 59.6 Å². The minimum Gasteiger partial charge on any atom is -0.497 e. The molecule has 1 aliphatic rings. The predicted molar refractivity (Wildman–Crippen MR) is 131 cm³/mol. The van der Waals surface area contributed by atoms with E-state index in [4.69, 9.17) is 14.2 Å². The highest BCUT2D eigenvalue weighted by Crippen LogP contribution is 2.31. The summed E-state index contributed by atoms with van der Waals surface area (Å²) in [4.78, 5) is 12.9. The van der Waals surface area contributed by atoms with Crippen LogP contribution < -0.4 is 23.8 Å². The number of amides is 1. The Kier molecular flexibility index (Phi) is 8.62. The SMILES string of the molecule is CCN(c1ccc(OC)cc1)S(=O)(=O)N1CCC[C@H](C(=O)NCc2cccc(OC)c2OC)C1. The summed E-state index contributed by atoms with van der Waals surface area (Å²) in [6, 6.07) is 12.4. The number of piperidine rings is 1. The molecule has 1 saturated heterocycles. The molecular formula is C24H33N3O6S. The first-order valence-electron chi connectivity index (χ1n) is 11.2. The Morgan fingerprint density at radius 2 is 1.82 bits per heavy atom. The van der Waals surface area contributed by atoms with Gasteiger partial charge in [0.15, 0.2) is 11.5 Å². The van der Waals surface area contributed by atoms with Crippen molar-refractivity contribution in [3.05, 3.63) is 48.0 Å². The van der Waals surface area contributed by atoms with Gasteiger partial charge in [0, 0.05) is 31.7 Å². The van der Waals surface area contributed by atoms with E-state index in [2.05, 4.69) is 5.32 Å². The van der Waals surface area contributed by atoms with Crippen LogP contribution in [0.4, 0.5) is 5.69 Å². The van der Waals surface area contributed by atoms with Gasteiger partial charge in [-0.1, -0.05) is 12.1 Å². The summed E-state index contributed by atoms with van der Waals surface area (Å²) in [7, 11) is 0.881. The van der Waals surface area contributed by atoms with Gasteiger partial charge in [-0.05, 0) is 50.1 Å². The molecule has 34 heavy (non-hydrogen) atoms. The molecule has 0 aromatic heterocycles. The second-order valence-electron chi connectivity index (χ2n) is 7.94. The lowest BCUT2D eigenvalue weighted by Crippen LogP contribution is -2.50. The number of nitrogens with one attached hydrogen (secondary N) is 1. The molecule has 2 aromatic carbocycles. The van der Waals surface area contributed by atoms with E-state index in [1.807, 2.05) is 12.1 Å². The monoisotopic (exact) mass is 491 g/mol. The van der Waals surface area contributed by atoms with Gasteiger partial charge >= 0.3 is 10.2 Å². The highest BCUT2D eigenvalue weighted by Gasteiger charge is 2.35. The average molecular weight is 492 g/mol. The Bertz CT molecular complexity index is 1070. The maximum absolute atomic E-state index is 13.4. The molecule has 0 saturated carbocycles. The molecule has 0 aliphatic carbocycles. The third kappa shape index (κ3) is 5.56. The van der Waals surface area contributed by atoms with Crippen molar-refractivity contribution in [2.75, 3.05) is 45.3 Å². The molecule has 1 aliphatic heterocycles. The normalized spacial score (nSPS) is 16.5. The van der Waals surface area contributed by atoms with Crippen LogP contribution in [-0.2, 0) is 21.5 Å². The summed E-state index contributed by atoms with van der Waals surface area (Å²) in [5.41, 5.74) is 1.34. The molecule has 0 spiro atoms. The van der Waals surface area contributed by atoms with Crippen molar-refractivity contribution in [2.24, 2.45) is 5.92 Å². The Morgan fingerprint density at radius 1 is 1.09 bits per heavy atom. The van der Waals surface area contributed by atoms with Gasteiger partial charge in [0.1, 0.15) is 5.75 Å². The standard InChI is InChI=1S/C24H33N3O6S/c1-5-27(20-11-13-21(31-2)14-12-20)34(29,30)26-15-7-9-19(17-26)24(28)25-16-18-8-6-10-22(32-3)23(18)33-4/h6,8,10-14,19H,5,7,9,15-17H2,1-4H3,(H,25,28)/t19-/m0/s1. The van der Waals surface area contributed by atoms with Crippen molar-refractivity contribution in [2.45, 2.75) is 26.3 Å². The summed E-state index contributed by atoms with van der Waals surface area (Å²) in [5, 5.41) is 2.93. The predicted octanol–water partition coefficient (Wildman–Crippen LogP) is 2.81. The smallest absolute Gasteiger partial charge is 0.304 e. The zero-order chi connectivity index (χ0) is 24.7. The van der Waals surface area contributed by atoms with Crippen LogP contribution in [0.1, 0.15) is 25.3 Å². The first-order valence-corrected chi connectivity index (χ1v) is 12.6. The van der Waals surface area contributed by atoms with Crippen molar-refractivity contribution in [1.82, 2.24) is 9.62 Å². The number of rotatable bonds is 10. The van der Waals surface area contributed by atoms with Crippen LogP contribution in [0.5, 0.6) is 17.2 Å². The lowest BCUT2D eigenvalue weighted by atomic mass is 9.98. The number of hydrogen-bond donors (Lipinski definition) is 1. The second kappa shape index (κ2) is 11.4. The molecule has 1 N–H and O–H groups in total. The van der Waals surface area contributed by atoms with Crippen LogP contribution in [0.3, 0.4) is 0 Å². The van der Waals surface area contributed by atoms with Crippen LogP contribution >= 0.6 is 0 Å². The van der Waals surface area contributed by atoms with Crippen molar-refractivity contribution in [3.8, 4) is 17.2 Å². The summed E-state index contributed by atoms with van der Waals surface area (Å²) in [6.45, 7) is 2.84. The largest absolute Gasteiger partial charge is 0.497 e. The van der Waals surface area contributed by atoms with Gasteiger partial charge in [0.05, 0.1) is 32.9 Å². The Hall–Kier alpha value is -2.98. The molecule has 1 fully saturated rings. The number of para-hydroxylation sites is 1. The summed E-state index contributed by atoms with van der Waals surface area (Å²) in [5.74, 6) is 1.19. The van der Waals surface area contributed by atoms with E-state index in [1.165, 1.54) is 8.61 Å². The van der Waals surface area contributed by atoms with Crippen LogP contribution in [0.15, 0.2) is 42.5 Å². The molecule has 1 atom stereocenters. The fourth-order valence-electron chi connectivity index (χ4n) is 4.15. The summed E-state index contributed by atoms with van der Waals surface area (Å²) >= 11 is 0. The van der Waals surface area contributed by atoms with Gasteiger partial charge < -0.3 is 19.5 Å². The zero-order valence-electron chi connectivity index (χ0n) is 20.1. The van der Waals surface area contributed by atoms with Gasteiger partial charge in [-0.3, -0.25) is 9.10 Å². The average Bonchev–Trinajstić information content (AvgIpc) is 2.87. The lowest BCUT2D eigenvalue weighted by Gasteiger charge is -2.35. The molecule has 0 radical (unpaired) electrons. The van der Waals surface area contributed by atoms with E-state index in [1.54, 1.807) is 58.6 Å². The molecule has 2 aromatic rings. The number of anilines is 1. The number of hydrogen-bond acceptors (Lipinski definition) is 6. The number of carbonyl (C=O) groups is 1. The highest BCUT2D eigenvalue weighted by molar-refractivity contribution is 7.90. The van der Waals surface area contributed by atoms with E-state index in [0.29, 0.717) is 42.3 Å². The van der Waals surface area contributed by atoms with Gasteiger partial charge in [-0.25, -0.2) is 0 Å². The van der Waals surface area contributed by atoms with E-state index in [0.717, 1.165) is 5.56 Å². The maximum Gasteiger partial charge on any atom is 0.304 e. The molecule has 3 rings (SSSR count). The van der Waals surface area contributed by atoms with Crippen LogP contribution in [0.25, 0.3) is 0 Å². The second-order valence-corrected chi connectivity index (χ2v) is 9.79. The van der Waals surface area contributed by atoms with Gasteiger partial charge in [-0.15, -0.1) is 0 Å². The van der Waals surface area contributed by atoms with Crippen molar-refractivity contribution in [3.63, 3.8) is 0 Å². The summed E-state index contributed by atoms with van der Waals surface area (Å²) in [6.07, 6.45) is 1.24. The molecular weight excluding hydrogens is 458 g/mol. The third-order valence-electron chi connectivity index (χ3n) is 5.94. The molecule has 1 heterocycles. The van der Waals surface area contributed by atoms with E-state index >= 15 is 0 Å². The fourth-order valence-corrected chi connectivity index (χ4v) is 5.87. The van der Waals surface area contributed by atoms with Crippen molar-refractivity contribution in [1.29, 1.82) is 0 Å². The van der Waals surface area contributed by atoms with Crippen LogP contribution in [0.2, 0.25) is 0 Å². The van der Waals surface area contributed by atoms with Crippen molar-refractivity contribution < 1.29 is 27.4 Å². The van der Waals surface area contributed by atoms with E-state index in [-0.39, 0.29) is 25.5 Å². The van der Waals surface area contributed by atoms with E-state index < -0.39 is 16.1 Å². The number of nitrogens with zero attached hydrogens (tertiary/aromatic N) is 2. The molecule has 9 nitrogen and oxygen atoms in total. The Balaban J connectivity index is 1.69. The van der Waals surface area contributed by atoms with Crippen molar-refractivity contribution >= 4 is 21.8 Å². The Morgan fingerprint density at radius 3 is 2.44 bits per heavy atom. The first kappa shape index (κ1) is 25.6. The maximum atomic E-state index is 13.4. The molecule has 186 valence electrons. The highest BCUT2D eigenvalue weighted by atomic mass is 32.2. The summed E-state index contributed by atoms with van der Waals surface area (Å²) < 4.78 is 45.5. The number of ether oxygens (including phenoxy) is 3. The minimum absolute atomic E-state index is 0.135. The topological polar surface area (TPSA) is 97.4 Å². The molecule has 10 heteroatoms. The molecule has 0 unspecified atom stereocenters. The molecule has 1 amide bonds. The van der Waals surface area contributed by atoms with Gasteiger partial charge in [-0.2, -0.15) is 12.7 Å². The van der Waals surface area contributed by atoms with Gasteiger partial charge in [0.25, 0.3) is 0 Å². The number of methoxy groups -OCH3 is 3. The van der Waals surface area contributed by atoms with E-state index in [9.17, 15) is 13.2 Å². The minimum atomic E-state index is -3.79. The van der Waals surface area contributed by atoms with Crippen LogP contribution in [0, 0.1) is 5.92 Å². The fraction of sp³-hybridized carbons (Fsp3) is 0.458. The molecule has 0 bridgehead atoms. The quantitative estimate of drug-likeness (QED) is 0.549. The first-order chi connectivity index (χ1) is 16.3. The van der Waals surface area contributed by atoms with Gasteiger partial charge in [0.2, 0.25) is 5.91 Å². The zero-order valence-corrected chi connectivity index (χ0v) is 20.9. The number of benzene rings is 2. The number of carbonyl (C=O) groups excluding carboxylic acids is 1. The lowest BCUT2D eigenvalue weighted by molar-refractivity contribution is -0.126.